The summed E-state index contributed by atoms with van der Waals surface area (Å²) < 4.78 is 40.8. The Morgan fingerprint density at radius 3 is 2.71 bits per heavy atom. The molecule has 1 aromatic rings. The van der Waals surface area contributed by atoms with E-state index >= 15 is 0 Å². The van der Waals surface area contributed by atoms with E-state index < -0.39 is 12.8 Å². The summed E-state index contributed by atoms with van der Waals surface area (Å²) in [4.78, 5) is 1.11. The van der Waals surface area contributed by atoms with Crippen molar-refractivity contribution < 1.29 is 17.9 Å². The zero-order chi connectivity index (χ0) is 12.9. The Balaban J connectivity index is 2.15. The maximum atomic E-state index is 11.8. The molecule has 1 heterocycles. The molecule has 0 aliphatic carbocycles. The van der Waals surface area contributed by atoms with Gasteiger partial charge in [0.15, 0.2) is 0 Å². The molecule has 1 unspecified atom stereocenters. The van der Waals surface area contributed by atoms with Crippen LogP contribution in [0.25, 0.3) is 0 Å². The van der Waals surface area contributed by atoms with Gasteiger partial charge in [-0.25, -0.2) is 0 Å². The van der Waals surface area contributed by atoms with Crippen LogP contribution in [0.1, 0.15) is 11.3 Å². The lowest BCUT2D eigenvalue weighted by Crippen LogP contribution is -2.25. The van der Waals surface area contributed by atoms with E-state index in [0.29, 0.717) is 12.8 Å². The quantitative estimate of drug-likeness (QED) is 0.811. The minimum Gasteiger partial charge on any atom is -0.372 e. The molecule has 17 heavy (non-hydrogen) atoms. The number of nitrogens with two attached hydrogens (primary N) is 1. The summed E-state index contributed by atoms with van der Waals surface area (Å²) >= 11 is 4.90. The van der Waals surface area contributed by atoms with Crippen molar-refractivity contribution in [1.82, 2.24) is 0 Å². The van der Waals surface area contributed by atoms with Gasteiger partial charge in [-0.05, 0) is 34.8 Å². The third-order valence-corrected chi connectivity index (χ3v) is 3.70. The van der Waals surface area contributed by atoms with Crippen LogP contribution in [-0.4, -0.2) is 25.4 Å². The van der Waals surface area contributed by atoms with Crippen LogP contribution in [0, 0.1) is 0 Å². The van der Waals surface area contributed by atoms with Crippen molar-refractivity contribution in [3.63, 3.8) is 0 Å². The van der Waals surface area contributed by atoms with E-state index in [0.717, 1.165) is 9.35 Å². The van der Waals surface area contributed by atoms with E-state index in [2.05, 4.69) is 20.7 Å². The molecule has 0 fully saturated rings. The summed E-state index contributed by atoms with van der Waals surface area (Å²) in [5.41, 5.74) is 5.79. The summed E-state index contributed by atoms with van der Waals surface area (Å²) in [6, 6.07) is 1.79. The molecule has 0 saturated carbocycles. The Labute approximate surface area is 110 Å². The lowest BCUT2D eigenvalue weighted by Gasteiger charge is -2.11. The van der Waals surface area contributed by atoms with E-state index in [1.54, 1.807) is 11.3 Å². The molecule has 0 bridgehead atoms. The number of alkyl halides is 3. The summed E-state index contributed by atoms with van der Waals surface area (Å²) in [6.45, 7) is -1.17. The molecular weight excluding hydrogens is 319 g/mol. The van der Waals surface area contributed by atoms with Crippen molar-refractivity contribution in [3.05, 3.63) is 20.8 Å². The van der Waals surface area contributed by atoms with Gasteiger partial charge in [0.05, 0.1) is 0 Å². The van der Waals surface area contributed by atoms with E-state index in [-0.39, 0.29) is 12.6 Å². The van der Waals surface area contributed by atoms with Gasteiger partial charge < -0.3 is 10.5 Å². The summed E-state index contributed by atoms with van der Waals surface area (Å²) in [7, 11) is 0. The highest BCUT2D eigenvalue weighted by Crippen LogP contribution is 2.21. The van der Waals surface area contributed by atoms with Crippen LogP contribution >= 0.6 is 27.3 Å². The molecule has 98 valence electrons. The van der Waals surface area contributed by atoms with Crippen LogP contribution in [0.15, 0.2) is 15.9 Å². The Kier molecular flexibility index (Phi) is 5.91. The van der Waals surface area contributed by atoms with Crippen LogP contribution in [0.4, 0.5) is 13.2 Å². The summed E-state index contributed by atoms with van der Waals surface area (Å²) in [5.74, 6) is 0. The standard InChI is InChI=1S/C10H13BrF3NOS/c11-7-3-9(17-5-7)4-8(15)1-2-16-6-10(12,13)14/h3,5,8H,1-2,4,6,15H2. The lowest BCUT2D eigenvalue weighted by atomic mass is 10.1. The van der Waals surface area contributed by atoms with Crippen LogP contribution in [0.3, 0.4) is 0 Å². The maximum absolute atomic E-state index is 11.8. The molecule has 0 aliphatic heterocycles. The first kappa shape index (κ1) is 14.9. The Morgan fingerprint density at radius 1 is 1.47 bits per heavy atom. The highest BCUT2D eigenvalue weighted by molar-refractivity contribution is 9.10. The molecule has 1 rings (SSSR count). The molecule has 0 spiro atoms. The monoisotopic (exact) mass is 331 g/mol. The average Bonchev–Trinajstić information content (AvgIpc) is 2.57. The Morgan fingerprint density at radius 2 is 2.18 bits per heavy atom. The number of halogens is 4. The predicted octanol–water partition coefficient (Wildman–Crippen LogP) is 3.35. The number of hydrogen-bond donors (Lipinski definition) is 1. The first-order valence-electron chi connectivity index (χ1n) is 5.00. The van der Waals surface area contributed by atoms with Crippen molar-refractivity contribution in [2.24, 2.45) is 5.73 Å². The van der Waals surface area contributed by atoms with Crippen LogP contribution in [0.5, 0.6) is 0 Å². The number of thiophene rings is 1. The highest BCUT2D eigenvalue weighted by Gasteiger charge is 2.27. The molecule has 0 amide bonds. The smallest absolute Gasteiger partial charge is 0.372 e. The second kappa shape index (κ2) is 6.72. The minimum atomic E-state index is -4.26. The lowest BCUT2D eigenvalue weighted by molar-refractivity contribution is -0.174. The van der Waals surface area contributed by atoms with Gasteiger partial charge in [0, 0.05) is 27.4 Å². The van der Waals surface area contributed by atoms with Crippen LogP contribution < -0.4 is 5.73 Å². The second-order valence-corrected chi connectivity index (χ2v) is 5.56. The fraction of sp³-hybridized carbons (Fsp3) is 0.600. The van der Waals surface area contributed by atoms with Gasteiger partial charge in [0.1, 0.15) is 6.61 Å². The fourth-order valence-corrected chi connectivity index (χ4v) is 2.79. The average molecular weight is 332 g/mol. The molecule has 0 radical (unpaired) electrons. The van der Waals surface area contributed by atoms with E-state index in [1.165, 1.54) is 0 Å². The molecule has 1 aromatic heterocycles. The van der Waals surface area contributed by atoms with Gasteiger partial charge in [-0.15, -0.1) is 11.3 Å². The first-order valence-corrected chi connectivity index (χ1v) is 6.67. The molecule has 2 N–H and O–H groups in total. The summed E-state index contributed by atoms with van der Waals surface area (Å²) in [6.07, 6.45) is -3.18. The Bertz CT molecular complexity index is 343. The predicted molar refractivity (Wildman–Crippen MR) is 65.2 cm³/mol. The Hall–Kier alpha value is -0.110. The van der Waals surface area contributed by atoms with Gasteiger partial charge in [-0.2, -0.15) is 13.2 Å². The molecule has 2 nitrogen and oxygen atoms in total. The second-order valence-electron chi connectivity index (χ2n) is 3.65. The normalized spacial score (nSPS) is 13.9. The highest BCUT2D eigenvalue weighted by atomic mass is 79.9. The first-order chi connectivity index (χ1) is 7.87. The van der Waals surface area contributed by atoms with Gasteiger partial charge >= 0.3 is 6.18 Å². The third-order valence-electron chi connectivity index (χ3n) is 1.98. The number of hydrogen-bond acceptors (Lipinski definition) is 3. The van der Waals surface area contributed by atoms with Crippen molar-refractivity contribution >= 4 is 27.3 Å². The molecule has 0 saturated heterocycles. The van der Waals surface area contributed by atoms with E-state index in [9.17, 15) is 13.2 Å². The van der Waals surface area contributed by atoms with Crippen molar-refractivity contribution in [2.45, 2.75) is 25.1 Å². The molecule has 1 atom stereocenters. The van der Waals surface area contributed by atoms with E-state index in [1.807, 2.05) is 11.4 Å². The molecular formula is C10H13BrF3NOS. The molecule has 7 heteroatoms. The SMILES string of the molecule is NC(CCOCC(F)(F)F)Cc1cc(Br)cs1. The van der Waals surface area contributed by atoms with Crippen molar-refractivity contribution in [1.29, 1.82) is 0 Å². The van der Waals surface area contributed by atoms with Crippen molar-refractivity contribution in [2.75, 3.05) is 13.2 Å². The number of rotatable bonds is 6. The zero-order valence-corrected chi connectivity index (χ0v) is 11.4. The molecule has 0 aromatic carbocycles. The maximum Gasteiger partial charge on any atom is 0.411 e. The number of ether oxygens (including phenoxy) is 1. The van der Waals surface area contributed by atoms with Crippen LogP contribution in [-0.2, 0) is 11.2 Å². The zero-order valence-electron chi connectivity index (χ0n) is 8.97. The van der Waals surface area contributed by atoms with Gasteiger partial charge in [0.2, 0.25) is 0 Å². The minimum absolute atomic E-state index is 0.0349. The largest absolute Gasteiger partial charge is 0.411 e. The van der Waals surface area contributed by atoms with Crippen molar-refractivity contribution in [3.8, 4) is 0 Å². The topological polar surface area (TPSA) is 35.2 Å². The molecule has 0 aliphatic rings. The summed E-state index contributed by atoms with van der Waals surface area (Å²) in [5, 5.41) is 1.95. The van der Waals surface area contributed by atoms with E-state index in [4.69, 9.17) is 5.73 Å². The third kappa shape index (κ3) is 7.03. The van der Waals surface area contributed by atoms with Gasteiger partial charge in [-0.3, -0.25) is 0 Å². The van der Waals surface area contributed by atoms with Crippen LogP contribution in [0.2, 0.25) is 0 Å². The van der Waals surface area contributed by atoms with Gasteiger partial charge in [0.25, 0.3) is 0 Å². The fourth-order valence-electron chi connectivity index (χ4n) is 1.24. The van der Waals surface area contributed by atoms with Gasteiger partial charge in [-0.1, -0.05) is 0 Å².